The van der Waals surface area contributed by atoms with Crippen molar-refractivity contribution in [3.8, 4) is 0 Å². The SMILES string of the molecule is O=C(CNc1c(Cl)cccc1Cl)NCCc1c[nH]c2ccccc12. The number of rotatable bonds is 6. The summed E-state index contributed by atoms with van der Waals surface area (Å²) in [7, 11) is 0. The quantitative estimate of drug-likeness (QED) is 0.614. The van der Waals surface area contributed by atoms with Crippen molar-refractivity contribution in [2.45, 2.75) is 6.42 Å². The normalized spacial score (nSPS) is 10.8. The van der Waals surface area contributed by atoms with Crippen molar-refractivity contribution >= 4 is 45.7 Å². The molecule has 124 valence electrons. The zero-order valence-electron chi connectivity index (χ0n) is 12.9. The molecule has 4 nitrogen and oxygen atoms in total. The molecule has 1 amide bonds. The van der Waals surface area contributed by atoms with Crippen molar-refractivity contribution in [3.05, 3.63) is 64.3 Å². The number of amides is 1. The van der Waals surface area contributed by atoms with Gasteiger partial charge in [0, 0.05) is 23.6 Å². The summed E-state index contributed by atoms with van der Waals surface area (Å²) < 4.78 is 0. The first-order valence-electron chi connectivity index (χ1n) is 7.65. The average molecular weight is 362 g/mol. The molecule has 3 N–H and O–H groups in total. The van der Waals surface area contributed by atoms with Crippen LogP contribution in [0, 0.1) is 0 Å². The highest BCUT2D eigenvalue weighted by Gasteiger charge is 2.08. The first kappa shape index (κ1) is 16.7. The number of fused-ring (bicyclic) bond motifs is 1. The lowest BCUT2D eigenvalue weighted by Crippen LogP contribution is -2.31. The Hall–Kier alpha value is -2.17. The molecular formula is C18H17Cl2N3O. The van der Waals surface area contributed by atoms with Crippen LogP contribution in [0.25, 0.3) is 10.9 Å². The van der Waals surface area contributed by atoms with Crippen molar-refractivity contribution in [2.75, 3.05) is 18.4 Å². The van der Waals surface area contributed by atoms with Crippen LogP contribution in [0.15, 0.2) is 48.7 Å². The molecule has 0 aliphatic heterocycles. The highest BCUT2D eigenvalue weighted by atomic mass is 35.5. The molecule has 0 aliphatic rings. The van der Waals surface area contributed by atoms with Gasteiger partial charge in [-0.05, 0) is 30.2 Å². The third kappa shape index (κ3) is 3.83. The molecule has 6 heteroatoms. The number of aromatic amines is 1. The van der Waals surface area contributed by atoms with Gasteiger partial charge in [-0.25, -0.2) is 0 Å². The maximum Gasteiger partial charge on any atom is 0.239 e. The van der Waals surface area contributed by atoms with Gasteiger partial charge >= 0.3 is 0 Å². The Kier molecular flexibility index (Phi) is 5.28. The fraction of sp³-hybridized carbons (Fsp3) is 0.167. The molecule has 0 aliphatic carbocycles. The molecule has 3 rings (SSSR count). The summed E-state index contributed by atoms with van der Waals surface area (Å²) >= 11 is 12.1. The van der Waals surface area contributed by atoms with Crippen LogP contribution in [0.3, 0.4) is 0 Å². The lowest BCUT2D eigenvalue weighted by atomic mass is 10.1. The molecule has 0 spiro atoms. The van der Waals surface area contributed by atoms with E-state index in [0.717, 1.165) is 11.9 Å². The number of benzene rings is 2. The van der Waals surface area contributed by atoms with E-state index in [0.29, 0.717) is 22.3 Å². The molecule has 0 atom stereocenters. The third-order valence-electron chi connectivity index (χ3n) is 3.78. The number of hydrogen-bond acceptors (Lipinski definition) is 2. The van der Waals surface area contributed by atoms with Gasteiger partial charge in [-0.1, -0.05) is 47.5 Å². The topological polar surface area (TPSA) is 56.9 Å². The molecule has 0 saturated heterocycles. The second-order valence-electron chi connectivity index (χ2n) is 5.41. The summed E-state index contributed by atoms with van der Waals surface area (Å²) in [6.45, 7) is 0.690. The number of hydrogen-bond donors (Lipinski definition) is 3. The molecule has 0 bridgehead atoms. The summed E-state index contributed by atoms with van der Waals surface area (Å²) in [5, 5.41) is 8.04. The van der Waals surface area contributed by atoms with Crippen LogP contribution in [-0.2, 0) is 11.2 Å². The second kappa shape index (κ2) is 7.60. The first-order valence-corrected chi connectivity index (χ1v) is 8.40. The number of halogens is 2. The number of para-hydroxylation sites is 2. The molecule has 1 heterocycles. The number of H-pyrrole nitrogens is 1. The molecule has 0 unspecified atom stereocenters. The highest BCUT2D eigenvalue weighted by Crippen LogP contribution is 2.29. The van der Waals surface area contributed by atoms with E-state index in [1.54, 1.807) is 18.2 Å². The predicted octanol–water partition coefficient (Wildman–Crippen LogP) is 4.25. The zero-order valence-corrected chi connectivity index (χ0v) is 14.4. The number of carbonyl (C=O) groups excluding carboxylic acids is 1. The van der Waals surface area contributed by atoms with Gasteiger partial charge in [-0.3, -0.25) is 4.79 Å². The van der Waals surface area contributed by atoms with E-state index in [1.165, 1.54) is 10.9 Å². The Morgan fingerprint density at radius 3 is 2.58 bits per heavy atom. The lowest BCUT2D eigenvalue weighted by molar-refractivity contribution is -0.119. The van der Waals surface area contributed by atoms with E-state index in [2.05, 4.69) is 21.7 Å². The van der Waals surface area contributed by atoms with Crippen LogP contribution in [0.5, 0.6) is 0 Å². The van der Waals surface area contributed by atoms with Crippen LogP contribution in [0.2, 0.25) is 10.0 Å². The van der Waals surface area contributed by atoms with Crippen LogP contribution in [0.1, 0.15) is 5.56 Å². The van der Waals surface area contributed by atoms with Gasteiger partial charge < -0.3 is 15.6 Å². The van der Waals surface area contributed by atoms with E-state index in [1.807, 2.05) is 24.4 Å². The van der Waals surface area contributed by atoms with Crippen LogP contribution in [-0.4, -0.2) is 24.0 Å². The smallest absolute Gasteiger partial charge is 0.239 e. The van der Waals surface area contributed by atoms with E-state index in [4.69, 9.17) is 23.2 Å². The second-order valence-corrected chi connectivity index (χ2v) is 6.22. The Labute approximate surface area is 150 Å². The lowest BCUT2D eigenvalue weighted by Gasteiger charge is -2.10. The van der Waals surface area contributed by atoms with Crippen LogP contribution >= 0.6 is 23.2 Å². The predicted molar refractivity (Wildman–Crippen MR) is 100.0 cm³/mol. The number of anilines is 1. The first-order chi connectivity index (χ1) is 11.6. The van der Waals surface area contributed by atoms with Crippen molar-refractivity contribution in [2.24, 2.45) is 0 Å². The fourth-order valence-electron chi connectivity index (χ4n) is 2.57. The minimum atomic E-state index is -0.106. The third-order valence-corrected chi connectivity index (χ3v) is 4.41. The molecule has 1 aromatic heterocycles. The minimum Gasteiger partial charge on any atom is -0.374 e. The number of carbonyl (C=O) groups is 1. The molecule has 0 saturated carbocycles. The summed E-state index contributed by atoms with van der Waals surface area (Å²) in [6, 6.07) is 13.3. The van der Waals surface area contributed by atoms with Gasteiger partial charge in [0.1, 0.15) is 0 Å². The van der Waals surface area contributed by atoms with Crippen molar-refractivity contribution < 1.29 is 4.79 Å². The Balaban J connectivity index is 1.49. The van der Waals surface area contributed by atoms with Crippen molar-refractivity contribution in [1.82, 2.24) is 10.3 Å². The molecule has 2 aromatic carbocycles. The van der Waals surface area contributed by atoms with E-state index in [9.17, 15) is 4.79 Å². The van der Waals surface area contributed by atoms with Gasteiger partial charge in [0.15, 0.2) is 0 Å². The van der Waals surface area contributed by atoms with Gasteiger partial charge in [0.25, 0.3) is 0 Å². The largest absolute Gasteiger partial charge is 0.374 e. The van der Waals surface area contributed by atoms with E-state index >= 15 is 0 Å². The van der Waals surface area contributed by atoms with Crippen molar-refractivity contribution in [3.63, 3.8) is 0 Å². The molecule has 0 fully saturated rings. The summed E-state index contributed by atoms with van der Waals surface area (Å²) in [5.41, 5.74) is 2.87. The van der Waals surface area contributed by atoms with Crippen LogP contribution < -0.4 is 10.6 Å². The average Bonchev–Trinajstić information content (AvgIpc) is 2.98. The molecule has 0 radical (unpaired) electrons. The Bertz CT molecular complexity index is 840. The molecular weight excluding hydrogens is 345 g/mol. The molecule has 24 heavy (non-hydrogen) atoms. The van der Waals surface area contributed by atoms with Gasteiger partial charge in [-0.2, -0.15) is 0 Å². The summed E-state index contributed by atoms with van der Waals surface area (Å²) in [4.78, 5) is 15.2. The highest BCUT2D eigenvalue weighted by molar-refractivity contribution is 6.39. The monoisotopic (exact) mass is 361 g/mol. The maximum absolute atomic E-state index is 12.0. The zero-order chi connectivity index (χ0) is 16.9. The Morgan fingerprint density at radius 1 is 1.04 bits per heavy atom. The van der Waals surface area contributed by atoms with Crippen molar-refractivity contribution in [1.29, 1.82) is 0 Å². The van der Waals surface area contributed by atoms with E-state index in [-0.39, 0.29) is 12.5 Å². The van der Waals surface area contributed by atoms with E-state index < -0.39 is 0 Å². The maximum atomic E-state index is 12.0. The summed E-state index contributed by atoms with van der Waals surface area (Å²) in [5.74, 6) is -0.106. The number of nitrogens with one attached hydrogen (secondary N) is 3. The standard InChI is InChI=1S/C18H17Cl2N3O/c19-14-5-3-6-15(20)18(14)23-11-17(24)21-9-8-12-10-22-16-7-2-1-4-13(12)16/h1-7,10,22-23H,8-9,11H2,(H,21,24). The molecule has 3 aromatic rings. The summed E-state index contributed by atoms with van der Waals surface area (Å²) in [6.07, 6.45) is 2.75. The van der Waals surface area contributed by atoms with Gasteiger partial charge in [-0.15, -0.1) is 0 Å². The number of aromatic nitrogens is 1. The minimum absolute atomic E-state index is 0.106. The van der Waals surface area contributed by atoms with Crippen LogP contribution in [0.4, 0.5) is 5.69 Å². The fourth-order valence-corrected chi connectivity index (χ4v) is 3.10. The van der Waals surface area contributed by atoms with Gasteiger partial charge in [0.2, 0.25) is 5.91 Å². The van der Waals surface area contributed by atoms with Gasteiger partial charge in [0.05, 0.1) is 22.3 Å². The Morgan fingerprint density at radius 2 is 1.79 bits per heavy atom.